The molecule has 158 valence electrons. The van der Waals surface area contributed by atoms with Gasteiger partial charge in [-0.3, -0.25) is 4.79 Å². The Morgan fingerprint density at radius 1 is 1.21 bits per heavy atom. The molecule has 1 N–H and O–H groups in total. The van der Waals surface area contributed by atoms with Crippen LogP contribution in [0.1, 0.15) is 38.7 Å². The highest BCUT2D eigenvalue weighted by Gasteiger charge is 2.28. The van der Waals surface area contributed by atoms with Crippen molar-refractivity contribution in [2.45, 2.75) is 39.2 Å². The molecule has 7 nitrogen and oxygen atoms in total. The molecule has 1 saturated carbocycles. The monoisotopic (exact) mass is 403 g/mol. The van der Waals surface area contributed by atoms with Crippen LogP contribution in [0.5, 0.6) is 17.2 Å². The van der Waals surface area contributed by atoms with Crippen LogP contribution < -0.4 is 19.5 Å². The highest BCUT2D eigenvalue weighted by Crippen LogP contribution is 2.40. The van der Waals surface area contributed by atoms with E-state index in [-0.39, 0.29) is 18.6 Å². The van der Waals surface area contributed by atoms with Crippen LogP contribution in [-0.2, 0) is 14.3 Å². The summed E-state index contributed by atoms with van der Waals surface area (Å²) >= 11 is 0. The van der Waals surface area contributed by atoms with Crippen LogP contribution in [0.15, 0.2) is 18.2 Å². The average Bonchev–Trinajstić information content (AvgIpc) is 2.73. The van der Waals surface area contributed by atoms with Gasteiger partial charge >= 0.3 is 5.97 Å². The molecule has 0 saturated heterocycles. The van der Waals surface area contributed by atoms with Crippen molar-refractivity contribution in [3.05, 3.63) is 23.8 Å². The van der Waals surface area contributed by atoms with Crippen molar-refractivity contribution >= 4 is 18.0 Å². The molecule has 0 bridgehead atoms. The van der Waals surface area contributed by atoms with Crippen LogP contribution in [0, 0.1) is 11.8 Å². The number of carbonyl (C=O) groups excluding carboxylic acids is 2. The topological polar surface area (TPSA) is 83.1 Å². The van der Waals surface area contributed by atoms with E-state index in [0.29, 0.717) is 47.9 Å². The molecule has 3 atom stereocenters. The predicted molar refractivity (Wildman–Crippen MR) is 108 cm³/mol. The van der Waals surface area contributed by atoms with E-state index in [2.05, 4.69) is 19.2 Å². The normalized spacial score (nSPS) is 23.5. The first-order chi connectivity index (χ1) is 14.0. The minimum Gasteiger partial charge on any atom is -0.493 e. The number of amides is 1. The number of ether oxygens (including phenoxy) is 4. The molecular weight excluding hydrogens is 374 g/mol. The van der Waals surface area contributed by atoms with Gasteiger partial charge in [0.2, 0.25) is 5.75 Å². The fraction of sp³-hybridized carbons (Fsp3) is 0.545. The van der Waals surface area contributed by atoms with Gasteiger partial charge in [0.25, 0.3) is 5.91 Å². The molecule has 0 spiro atoms. The lowest BCUT2D eigenvalue weighted by molar-refractivity contribution is -0.144. The number of fused-ring (bicyclic) bond motifs is 1. The summed E-state index contributed by atoms with van der Waals surface area (Å²) in [5.74, 6) is 1.82. The third-order valence-corrected chi connectivity index (χ3v) is 5.66. The highest BCUT2D eigenvalue weighted by molar-refractivity contribution is 5.89. The molecular formula is C22H29NO6. The number of benzene rings is 1. The number of esters is 1. The molecule has 1 amide bonds. The molecule has 1 heterocycles. The van der Waals surface area contributed by atoms with E-state index in [1.165, 1.54) is 12.5 Å². The molecule has 0 aromatic heterocycles. The number of hydrogen-bond acceptors (Lipinski definition) is 6. The first-order valence-corrected chi connectivity index (χ1v) is 10.1. The van der Waals surface area contributed by atoms with Crippen molar-refractivity contribution in [3.63, 3.8) is 0 Å². The summed E-state index contributed by atoms with van der Waals surface area (Å²) in [4.78, 5) is 24.1. The maximum Gasteiger partial charge on any atom is 0.331 e. The molecule has 1 aromatic rings. The summed E-state index contributed by atoms with van der Waals surface area (Å²) in [7, 11) is 1.54. The maximum atomic E-state index is 12.1. The number of carbonyl (C=O) groups is 2. The quantitative estimate of drug-likeness (QED) is 0.581. The standard InChI is InChI=1S/C22H29NO6/c1-14-5-4-6-17(15(14)2)23-20(24)13-29-21(25)8-7-16-11-18(26-3)22-19(12-16)27-9-10-28-22/h7-8,11-12,14-15,17H,4-6,9-10,13H2,1-3H3,(H,23,24)/b8-7+/t14-,15-,17+/m1/s1. The van der Waals surface area contributed by atoms with Gasteiger partial charge in [0.15, 0.2) is 18.1 Å². The molecule has 29 heavy (non-hydrogen) atoms. The fourth-order valence-corrected chi connectivity index (χ4v) is 3.77. The van der Waals surface area contributed by atoms with E-state index < -0.39 is 5.97 Å². The number of nitrogens with one attached hydrogen (secondary N) is 1. The van der Waals surface area contributed by atoms with Gasteiger partial charge in [-0.2, -0.15) is 0 Å². The van der Waals surface area contributed by atoms with Gasteiger partial charge in [0.1, 0.15) is 13.2 Å². The van der Waals surface area contributed by atoms with E-state index in [0.717, 1.165) is 12.8 Å². The number of hydrogen-bond donors (Lipinski definition) is 1. The number of rotatable bonds is 6. The Balaban J connectivity index is 1.51. The zero-order valence-corrected chi connectivity index (χ0v) is 17.2. The van der Waals surface area contributed by atoms with Crippen molar-refractivity contribution in [2.75, 3.05) is 26.9 Å². The predicted octanol–water partition coefficient (Wildman–Crippen LogP) is 2.96. The van der Waals surface area contributed by atoms with E-state index in [1.807, 2.05) is 0 Å². The minimum absolute atomic E-state index is 0.144. The number of methoxy groups -OCH3 is 1. The smallest absolute Gasteiger partial charge is 0.331 e. The van der Waals surface area contributed by atoms with Crippen LogP contribution in [0.2, 0.25) is 0 Å². The van der Waals surface area contributed by atoms with Gasteiger partial charge in [0.05, 0.1) is 7.11 Å². The third kappa shape index (κ3) is 5.43. The van der Waals surface area contributed by atoms with Gasteiger partial charge < -0.3 is 24.3 Å². The summed E-state index contributed by atoms with van der Waals surface area (Å²) < 4.78 is 21.5. The van der Waals surface area contributed by atoms with Crippen molar-refractivity contribution in [2.24, 2.45) is 11.8 Å². The molecule has 1 aromatic carbocycles. The van der Waals surface area contributed by atoms with Crippen molar-refractivity contribution in [1.29, 1.82) is 0 Å². The summed E-state index contributed by atoms with van der Waals surface area (Å²) in [6.45, 7) is 5.00. The second-order valence-electron chi connectivity index (χ2n) is 7.63. The first kappa shape index (κ1) is 21.0. The minimum atomic E-state index is -0.584. The van der Waals surface area contributed by atoms with Gasteiger partial charge in [0, 0.05) is 12.1 Å². The zero-order chi connectivity index (χ0) is 20.8. The van der Waals surface area contributed by atoms with E-state index >= 15 is 0 Å². The third-order valence-electron chi connectivity index (χ3n) is 5.66. The molecule has 7 heteroatoms. The second-order valence-corrected chi connectivity index (χ2v) is 7.63. The highest BCUT2D eigenvalue weighted by atomic mass is 16.6. The molecule has 0 radical (unpaired) electrons. The van der Waals surface area contributed by atoms with Crippen molar-refractivity contribution in [3.8, 4) is 17.2 Å². The molecule has 2 aliphatic rings. The van der Waals surface area contributed by atoms with Crippen LogP contribution in [0.3, 0.4) is 0 Å². The summed E-state index contributed by atoms with van der Waals surface area (Å²) in [6, 6.07) is 3.65. The summed E-state index contributed by atoms with van der Waals surface area (Å²) in [6.07, 6.45) is 6.14. The Labute approximate surface area is 171 Å². The Bertz CT molecular complexity index is 758. The van der Waals surface area contributed by atoms with Crippen LogP contribution in [0.25, 0.3) is 6.08 Å². The largest absolute Gasteiger partial charge is 0.493 e. The Kier molecular flexibility index (Phi) is 7.01. The van der Waals surface area contributed by atoms with E-state index in [1.54, 1.807) is 25.3 Å². The fourth-order valence-electron chi connectivity index (χ4n) is 3.77. The summed E-state index contributed by atoms with van der Waals surface area (Å²) in [5.41, 5.74) is 0.706. The Morgan fingerprint density at radius 2 is 2.00 bits per heavy atom. The molecule has 1 aliphatic heterocycles. The lowest BCUT2D eigenvalue weighted by Gasteiger charge is -2.34. The lowest BCUT2D eigenvalue weighted by atomic mass is 9.78. The molecule has 1 aliphatic carbocycles. The second kappa shape index (κ2) is 9.67. The average molecular weight is 403 g/mol. The van der Waals surface area contributed by atoms with Crippen molar-refractivity contribution in [1.82, 2.24) is 5.32 Å². The van der Waals surface area contributed by atoms with Crippen LogP contribution >= 0.6 is 0 Å². The van der Waals surface area contributed by atoms with E-state index in [4.69, 9.17) is 18.9 Å². The van der Waals surface area contributed by atoms with Crippen LogP contribution in [0.4, 0.5) is 0 Å². The summed E-state index contributed by atoms with van der Waals surface area (Å²) in [5, 5.41) is 2.99. The van der Waals surface area contributed by atoms with Gasteiger partial charge in [-0.15, -0.1) is 0 Å². The zero-order valence-electron chi connectivity index (χ0n) is 17.2. The van der Waals surface area contributed by atoms with E-state index in [9.17, 15) is 9.59 Å². The van der Waals surface area contributed by atoms with Gasteiger partial charge in [-0.1, -0.05) is 26.7 Å². The molecule has 0 unspecified atom stereocenters. The first-order valence-electron chi connectivity index (χ1n) is 10.1. The lowest BCUT2D eigenvalue weighted by Crippen LogP contribution is -2.45. The van der Waals surface area contributed by atoms with Gasteiger partial charge in [-0.25, -0.2) is 4.79 Å². The Hall–Kier alpha value is -2.70. The SMILES string of the molecule is COc1cc(/C=C/C(=O)OCC(=O)N[C@H]2CCC[C@@H](C)[C@H]2C)cc2c1OCCO2. The van der Waals surface area contributed by atoms with Crippen molar-refractivity contribution < 1.29 is 28.5 Å². The maximum absolute atomic E-state index is 12.1. The van der Waals surface area contributed by atoms with Gasteiger partial charge in [-0.05, 0) is 42.0 Å². The Morgan fingerprint density at radius 3 is 2.79 bits per heavy atom. The van der Waals surface area contributed by atoms with Crippen LogP contribution in [-0.4, -0.2) is 44.8 Å². The molecule has 1 fully saturated rings. The molecule has 3 rings (SSSR count).